The third-order valence-corrected chi connectivity index (χ3v) is 3.32. The fourth-order valence-corrected chi connectivity index (χ4v) is 2.12. The van der Waals surface area contributed by atoms with Gasteiger partial charge in [0.05, 0.1) is 26.5 Å². The molecule has 0 aliphatic heterocycles. The van der Waals surface area contributed by atoms with E-state index in [2.05, 4.69) is 5.32 Å². The van der Waals surface area contributed by atoms with Crippen molar-refractivity contribution in [2.24, 2.45) is 0 Å². The standard InChI is InChI=1S/C16H19NO4/c1-10-7-8-21-15(10)16(18)17-11(2)13-9-12(19-3)5-6-14(13)20-4/h5-9,11H,1-4H3,(H,17,18). The fraction of sp³-hybridized carbons (Fsp3) is 0.312. The van der Waals surface area contributed by atoms with E-state index in [0.717, 1.165) is 11.1 Å². The average Bonchev–Trinajstić information content (AvgIpc) is 2.92. The molecule has 0 bridgehead atoms. The van der Waals surface area contributed by atoms with Crippen molar-refractivity contribution in [3.8, 4) is 11.5 Å². The van der Waals surface area contributed by atoms with E-state index in [4.69, 9.17) is 13.9 Å². The third kappa shape index (κ3) is 3.18. The van der Waals surface area contributed by atoms with Crippen molar-refractivity contribution in [3.05, 3.63) is 47.4 Å². The van der Waals surface area contributed by atoms with Crippen molar-refractivity contribution < 1.29 is 18.7 Å². The number of ether oxygens (including phenoxy) is 2. The smallest absolute Gasteiger partial charge is 0.287 e. The highest BCUT2D eigenvalue weighted by Crippen LogP contribution is 2.29. The summed E-state index contributed by atoms with van der Waals surface area (Å²) in [6.07, 6.45) is 1.50. The van der Waals surface area contributed by atoms with Gasteiger partial charge in [-0.15, -0.1) is 0 Å². The maximum absolute atomic E-state index is 12.2. The number of amides is 1. The molecule has 1 unspecified atom stereocenters. The molecular formula is C16H19NO4. The number of benzene rings is 1. The fourth-order valence-electron chi connectivity index (χ4n) is 2.12. The van der Waals surface area contributed by atoms with Crippen LogP contribution < -0.4 is 14.8 Å². The van der Waals surface area contributed by atoms with Crippen LogP contribution in [-0.4, -0.2) is 20.1 Å². The highest BCUT2D eigenvalue weighted by Gasteiger charge is 2.19. The Kier molecular flexibility index (Phi) is 4.52. The Labute approximate surface area is 123 Å². The normalized spacial score (nSPS) is 11.8. The number of rotatable bonds is 5. The summed E-state index contributed by atoms with van der Waals surface area (Å²) >= 11 is 0. The Bertz CT molecular complexity index is 633. The number of nitrogens with one attached hydrogen (secondary N) is 1. The van der Waals surface area contributed by atoms with Gasteiger partial charge in [-0.3, -0.25) is 4.79 Å². The zero-order valence-electron chi connectivity index (χ0n) is 12.6. The molecule has 0 saturated heterocycles. The summed E-state index contributed by atoms with van der Waals surface area (Å²) in [6, 6.07) is 6.99. The molecule has 0 saturated carbocycles. The molecule has 1 aromatic heterocycles. The van der Waals surface area contributed by atoms with Crippen molar-refractivity contribution in [2.45, 2.75) is 19.9 Å². The van der Waals surface area contributed by atoms with Crippen LogP contribution in [0.4, 0.5) is 0 Å². The van der Waals surface area contributed by atoms with Gasteiger partial charge >= 0.3 is 0 Å². The molecule has 1 aromatic carbocycles. The Morgan fingerprint density at radius 3 is 2.57 bits per heavy atom. The summed E-state index contributed by atoms with van der Waals surface area (Å²) in [5, 5.41) is 2.90. The van der Waals surface area contributed by atoms with Crippen LogP contribution in [0.25, 0.3) is 0 Å². The third-order valence-electron chi connectivity index (χ3n) is 3.32. The Morgan fingerprint density at radius 2 is 2.00 bits per heavy atom. The SMILES string of the molecule is COc1ccc(OC)c(C(C)NC(=O)c2occc2C)c1. The number of carbonyl (C=O) groups is 1. The quantitative estimate of drug-likeness (QED) is 0.918. The maximum Gasteiger partial charge on any atom is 0.287 e. The second-order valence-electron chi connectivity index (χ2n) is 4.74. The van der Waals surface area contributed by atoms with Gasteiger partial charge in [0.1, 0.15) is 11.5 Å². The zero-order chi connectivity index (χ0) is 15.4. The number of furan rings is 1. The Hall–Kier alpha value is -2.43. The summed E-state index contributed by atoms with van der Waals surface area (Å²) in [5.74, 6) is 1.47. The van der Waals surface area contributed by atoms with Gasteiger partial charge in [0, 0.05) is 11.1 Å². The van der Waals surface area contributed by atoms with E-state index in [0.29, 0.717) is 17.3 Å². The molecule has 2 rings (SSSR count). The number of aryl methyl sites for hydroxylation is 1. The first kappa shape index (κ1) is 15.0. The first-order chi connectivity index (χ1) is 10.1. The lowest BCUT2D eigenvalue weighted by molar-refractivity contribution is 0.0910. The topological polar surface area (TPSA) is 60.7 Å². The predicted molar refractivity (Wildman–Crippen MR) is 78.9 cm³/mol. The van der Waals surface area contributed by atoms with Crippen LogP contribution in [0.3, 0.4) is 0 Å². The lowest BCUT2D eigenvalue weighted by Gasteiger charge is -2.18. The van der Waals surface area contributed by atoms with E-state index in [-0.39, 0.29) is 11.9 Å². The van der Waals surface area contributed by atoms with Gasteiger partial charge < -0.3 is 19.2 Å². The first-order valence-corrected chi connectivity index (χ1v) is 6.63. The molecule has 1 amide bonds. The summed E-state index contributed by atoms with van der Waals surface area (Å²) in [4.78, 5) is 12.2. The summed E-state index contributed by atoms with van der Waals surface area (Å²) in [7, 11) is 3.19. The van der Waals surface area contributed by atoms with Crippen LogP contribution in [0.2, 0.25) is 0 Å². The van der Waals surface area contributed by atoms with Crippen molar-refractivity contribution >= 4 is 5.91 Å². The maximum atomic E-state index is 12.2. The van der Waals surface area contributed by atoms with Crippen molar-refractivity contribution in [2.75, 3.05) is 14.2 Å². The van der Waals surface area contributed by atoms with Crippen molar-refractivity contribution in [1.82, 2.24) is 5.32 Å². The van der Waals surface area contributed by atoms with Gasteiger partial charge in [0.2, 0.25) is 0 Å². The van der Waals surface area contributed by atoms with Gasteiger partial charge in [-0.25, -0.2) is 0 Å². The molecule has 21 heavy (non-hydrogen) atoms. The van der Waals surface area contributed by atoms with Crippen LogP contribution in [0.5, 0.6) is 11.5 Å². The predicted octanol–water partition coefficient (Wildman–Crippen LogP) is 3.10. The van der Waals surface area contributed by atoms with Crippen molar-refractivity contribution in [1.29, 1.82) is 0 Å². The largest absolute Gasteiger partial charge is 0.497 e. The van der Waals surface area contributed by atoms with Gasteiger partial charge in [0.15, 0.2) is 5.76 Å². The van der Waals surface area contributed by atoms with Gasteiger partial charge in [0.25, 0.3) is 5.91 Å². The van der Waals surface area contributed by atoms with E-state index in [1.165, 1.54) is 6.26 Å². The van der Waals surface area contributed by atoms with Gasteiger partial charge in [-0.2, -0.15) is 0 Å². The highest BCUT2D eigenvalue weighted by molar-refractivity contribution is 5.93. The average molecular weight is 289 g/mol. The lowest BCUT2D eigenvalue weighted by atomic mass is 10.1. The molecule has 5 nitrogen and oxygen atoms in total. The molecule has 1 heterocycles. The molecule has 1 N–H and O–H groups in total. The van der Waals surface area contributed by atoms with Crippen LogP contribution in [0.15, 0.2) is 34.9 Å². The van der Waals surface area contributed by atoms with Gasteiger partial charge in [-0.1, -0.05) is 0 Å². The molecular weight excluding hydrogens is 270 g/mol. The second-order valence-corrected chi connectivity index (χ2v) is 4.74. The summed E-state index contributed by atoms with van der Waals surface area (Å²) in [5.41, 5.74) is 1.65. The molecule has 0 spiro atoms. The monoisotopic (exact) mass is 289 g/mol. The van der Waals surface area contributed by atoms with Crippen LogP contribution >= 0.6 is 0 Å². The molecule has 1 atom stereocenters. The molecule has 0 radical (unpaired) electrons. The molecule has 5 heteroatoms. The van der Waals surface area contributed by atoms with Crippen LogP contribution in [0.1, 0.15) is 34.6 Å². The van der Waals surface area contributed by atoms with E-state index >= 15 is 0 Å². The Balaban J connectivity index is 2.22. The Morgan fingerprint density at radius 1 is 1.24 bits per heavy atom. The number of methoxy groups -OCH3 is 2. The summed E-state index contributed by atoms with van der Waals surface area (Å²) in [6.45, 7) is 3.71. The molecule has 0 aliphatic rings. The minimum atomic E-state index is -0.255. The highest BCUT2D eigenvalue weighted by atomic mass is 16.5. The molecule has 112 valence electrons. The van der Waals surface area contributed by atoms with E-state index in [9.17, 15) is 4.79 Å². The lowest BCUT2D eigenvalue weighted by Crippen LogP contribution is -2.27. The van der Waals surface area contributed by atoms with Crippen molar-refractivity contribution in [3.63, 3.8) is 0 Å². The number of hydrogen-bond acceptors (Lipinski definition) is 4. The minimum Gasteiger partial charge on any atom is -0.497 e. The van der Waals surface area contributed by atoms with E-state index in [1.54, 1.807) is 20.3 Å². The van der Waals surface area contributed by atoms with Gasteiger partial charge in [-0.05, 0) is 38.1 Å². The number of hydrogen-bond donors (Lipinski definition) is 1. The zero-order valence-corrected chi connectivity index (χ0v) is 12.6. The first-order valence-electron chi connectivity index (χ1n) is 6.63. The molecule has 0 fully saturated rings. The number of carbonyl (C=O) groups excluding carboxylic acids is 1. The summed E-state index contributed by atoms with van der Waals surface area (Å²) < 4.78 is 15.7. The van der Waals surface area contributed by atoms with E-state index in [1.807, 2.05) is 32.0 Å². The van der Waals surface area contributed by atoms with E-state index < -0.39 is 0 Å². The molecule has 2 aromatic rings. The minimum absolute atomic E-state index is 0.243. The van der Waals surface area contributed by atoms with Crippen LogP contribution in [0, 0.1) is 6.92 Å². The molecule has 0 aliphatic carbocycles. The second kappa shape index (κ2) is 6.35. The van der Waals surface area contributed by atoms with Crippen LogP contribution in [-0.2, 0) is 0 Å².